The number of carbonyl (C=O) groups is 1. The Morgan fingerprint density at radius 3 is 3.07 bits per heavy atom. The monoisotopic (exact) mass is 192 g/mol. The number of amides is 1. The number of carbonyl (C=O) groups excluding carboxylic acids is 1. The molecule has 14 heavy (non-hydrogen) atoms. The number of H-pyrrole nitrogens is 1. The van der Waals surface area contributed by atoms with E-state index in [2.05, 4.69) is 16.9 Å². The Bertz CT molecular complexity index is 382. The zero-order valence-corrected chi connectivity index (χ0v) is 7.75. The highest BCUT2D eigenvalue weighted by Crippen LogP contribution is 1.92. The summed E-state index contributed by atoms with van der Waals surface area (Å²) < 4.78 is 0. The average molecular weight is 192 g/mol. The fourth-order valence-electron chi connectivity index (χ4n) is 0.976. The molecule has 74 valence electrons. The smallest absolute Gasteiger partial charge is 0.251 e. The van der Waals surface area contributed by atoms with Crippen molar-refractivity contribution in [1.29, 1.82) is 0 Å². The van der Waals surface area contributed by atoms with E-state index in [1.165, 1.54) is 12.3 Å². The van der Waals surface area contributed by atoms with Crippen molar-refractivity contribution >= 4 is 5.91 Å². The molecule has 0 aliphatic rings. The van der Waals surface area contributed by atoms with Gasteiger partial charge in [0.15, 0.2) is 0 Å². The molecule has 0 atom stereocenters. The molecule has 0 radical (unpaired) electrons. The molecular weight excluding hydrogens is 180 g/mol. The molecule has 0 fully saturated rings. The van der Waals surface area contributed by atoms with Crippen LogP contribution in [0.3, 0.4) is 0 Å². The largest absolute Gasteiger partial charge is 0.352 e. The van der Waals surface area contributed by atoms with Crippen molar-refractivity contribution in [3.63, 3.8) is 0 Å². The van der Waals surface area contributed by atoms with Crippen molar-refractivity contribution in [3.05, 3.63) is 46.9 Å². The van der Waals surface area contributed by atoms with Gasteiger partial charge in [-0.15, -0.1) is 6.58 Å². The van der Waals surface area contributed by atoms with Gasteiger partial charge in [0.05, 0.1) is 0 Å². The average Bonchev–Trinajstić information content (AvgIpc) is 2.18. The maximum absolute atomic E-state index is 11.4. The molecule has 4 nitrogen and oxygen atoms in total. The molecule has 2 N–H and O–H groups in total. The Hall–Kier alpha value is -1.84. The predicted molar refractivity (Wildman–Crippen MR) is 54.2 cm³/mol. The van der Waals surface area contributed by atoms with Gasteiger partial charge in [0.1, 0.15) is 0 Å². The number of rotatable bonds is 4. The van der Waals surface area contributed by atoms with Crippen molar-refractivity contribution in [2.45, 2.75) is 6.42 Å². The third kappa shape index (κ3) is 2.90. The van der Waals surface area contributed by atoms with Crippen LogP contribution in [-0.2, 0) is 0 Å². The summed E-state index contributed by atoms with van der Waals surface area (Å²) in [6.07, 6.45) is 3.89. The molecule has 0 unspecified atom stereocenters. The van der Waals surface area contributed by atoms with Crippen LogP contribution in [0.25, 0.3) is 0 Å². The molecule has 0 spiro atoms. The van der Waals surface area contributed by atoms with Crippen LogP contribution >= 0.6 is 0 Å². The number of hydrogen-bond acceptors (Lipinski definition) is 2. The Kier molecular flexibility index (Phi) is 3.67. The molecule has 1 rings (SSSR count). The van der Waals surface area contributed by atoms with Gasteiger partial charge in [-0.05, 0) is 12.5 Å². The van der Waals surface area contributed by atoms with E-state index in [1.807, 2.05) is 0 Å². The molecule has 0 aliphatic heterocycles. The van der Waals surface area contributed by atoms with Gasteiger partial charge in [-0.1, -0.05) is 6.08 Å². The predicted octanol–water partition coefficient (Wildman–Crippen LogP) is 0.681. The van der Waals surface area contributed by atoms with Crippen LogP contribution < -0.4 is 10.9 Å². The number of pyridine rings is 1. The minimum absolute atomic E-state index is 0.238. The topological polar surface area (TPSA) is 62.0 Å². The molecule has 0 aromatic carbocycles. The van der Waals surface area contributed by atoms with E-state index in [0.717, 1.165) is 6.42 Å². The van der Waals surface area contributed by atoms with Crippen LogP contribution in [0.15, 0.2) is 35.8 Å². The Labute approximate surface area is 81.7 Å². The van der Waals surface area contributed by atoms with Gasteiger partial charge >= 0.3 is 0 Å². The first-order valence-corrected chi connectivity index (χ1v) is 4.32. The zero-order valence-electron chi connectivity index (χ0n) is 7.75. The minimum Gasteiger partial charge on any atom is -0.352 e. The molecular formula is C10H12N2O2. The molecule has 1 amide bonds. The third-order valence-electron chi connectivity index (χ3n) is 1.67. The van der Waals surface area contributed by atoms with Gasteiger partial charge in [0.25, 0.3) is 5.91 Å². The van der Waals surface area contributed by atoms with Crippen molar-refractivity contribution < 1.29 is 4.79 Å². The van der Waals surface area contributed by atoms with E-state index in [9.17, 15) is 9.59 Å². The Morgan fingerprint density at radius 1 is 1.64 bits per heavy atom. The van der Waals surface area contributed by atoms with Gasteiger partial charge < -0.3 is 10.3 Å². The van der Waals surface area contributed by atoms with Crippen molar-refractivity contribution in [2.24, 2.45) is 0 Å². The van der Waals surface area contributed by atoms with Crippen molar-refractivity contribution in [2.75, 3.05) is 6.54 Å². The quantitative estimate of drug-likeness (QED) is 0.544. The lowest BCUT2D eigenvalue weighted by Crippen LogP contribution is -2.25. The van der Waals surface area contributed by atoms with E-state index >= 15 is 0 Å². The van der Waals surface area contributed by atoms with Crippen molar-refractivity contribution in [3.8, 4) is 0 Å². The number of aromatic amines is 1. The third-order valence-corrected chi connectivity index (χ3v) is 1.67. The minimum atomic E-state index is -0.277. The van der Waals surface area contributed by atoms with Crippen LogP contribution in [-0.4, -0.2) is 17.4 Å². The first-order chi connectivity index (χ1) is 6.74. The molecule has 1 aromatic heterocycles. The SMILES string of the molecule is C=CCCNC(=O)c1cc[nH]c(=O)c1. The Balaban J connectivity index is 2.60. The summed E-state index contributed by atoms with van der Waals surface area (Å²) in [6.45, 7) is 4.07. The fourth-order valence-corrected chi connectivity index (χ4v) is 0.976. The highest BCUT2D eigenvalue weighted by Gasteiger charge is 2.03. The lowest BCUT2D eigenvalue weighted by Gasteiger charge is -2.01. The summed E-state index contributed by atoms with van der Waals surface area (Å²) >= 11 is 0. The lowest BCUT2D eigenvalue weighted by molar-refractivity contribution is 0.0954. The molecule has 0 saturated carbocycles. The van der Waals surface area contributed by atoms with Crippen LogP contribution in [0.2, 0.25) is 0 Å². The second-order valence-electron chi connectivity index (χ2n) is 2.77. The number of nitrogens with one attached hydrogen (secondary N) is 2. The molecule has 0 saturated heterocycles. The van der Waals surface area contributed by atoms with E-state index in [-0.39, 0.29) is 11.5 Å². The summed E-state index contributed by atoms with van der Waals surface area (Å²) in [6, 6.07) is 2.83. The maximum Gasteiger partial charge on any atom is 0.251 e. The summed E-state index contributed by atoms with van der Waals surface area (Å²) in [5.41, 5.74) is 0.0965. The van der Waals surface area contributed by atoms with Gasteiger partial charge in [-0.2, -0.15) is 0 Å². The van der Waals surface area contributed by atoms with E-state index in [4.69, 9.17) is 0 Å². The van der Waals surface area contributed by atoms with Crippen LogP contribution in [0.1, 0.15) is 16.8 Å². The van der Waals surface area contributed by atoms with Gasteiger partial charge in [-0.25, -0.2) is 0 Å². The molecule has 4 heteroatoms. The summed E-state index contributed by atoms with van der Waals surface area (Å²) in [5.74, 6) is -0.238. The second kappa shape index (κ2) is 5.01. The van der Waals surface area contributed by atoms with Crippen LogP contribution in [0.4, 0.5) is 0 Å². The van der Waals surface area contributed by atoms with E-state index < -0.39 is 0 Å². The highest BCUT2D eigenvalue weighted by atomic mass is 16.2. The number of hydrogen-bond donors (Lipinski definition) is 2. The first-order valence-electron chi connectivity index (χ1n) is 4.32. The summed E-state index contributed by atoms with van der Waals surface area (Å²) in [5, 5.41) is 2.66. The van der Waals surface area contributed by atoms with Crippen LogP contribution in [0.5, 0.6) is 0 Å². The fraction of sp³-hybridized carbons (Fsp3) is 0.200. The Morgan fingerprint density at radius 2 is 2.43 bits per heavy atom. The summed E-state index contributed by atoms with van der Waals surface area (Å²) in [7, 11) is 0. The number of aromatic nitrogens is 1. The standard InChI is InChI=1S/C10H12N2O2/c1-2-3-5-12-10(14)8-4-6-11-9(13)7-8/h2,4,6-7H,1,3,5H2,(H,11,13)(H,12,14). The van der Waals surface area contributed by atoms with Crippen LogP contribution in [0, 0.1) is 0 Å². The van der Waals surface area contributed by atoms with Gasteiger partial charge in [0.2, 0.25) is 5.56 Å². The van der Waals surface area contributed by atoms with Gasteiger partial charge in [0, 0.05) is 24.4 Å². The van der Waals surface area contributed by atoms with E-state index in [1.54, 1.807) is 12.1 Å². The molecule has 0 bridgehead atoms. The normalized spacial score (nSPS) is 9.43. The maximum atomic E-state index is 11.4. The summed E-state index contributed by atoms with van der Waals surface area (Å²) in [4.78, 5) is 24.7. The van der Waals surface area contributed by atoms with Crippen molar-refractivity contribution in [1.82, 2.24) is 10.3 Å². The first kappa shape index (κ1) is 10.2. The zero-order chi connectivity index (χ0) is 10.4. The lowest BCUT2D eigenvalue weighted by atomic mass is 10.2. The molecule has 1 heterocycles. The molecule has 1 aromatic rings. The van der Waals surface area contributed by atoms with E-state index in [0.29, 0.717) is 12.1 Å². The highest BCUT2D eigenvalue weighted by molar-refractivity contribution is 5.93. The van der Waals surface area contributed by atoms with Gasteiger partial charge in [-0.3, -0.25) is 9.59 Å². The molecule has 0 aliphatic carbocycles. The second-order valence-corrected chi connectivity index (χ2v) is 2.77.